The van der Waals surface area contributed by atoms with Gasteiger partial charge in [-0.05, 0) is 53.6 Å². The number of fused-ring (bicyclic) bond motifs is 3. The van der Waals surface area contributed by atoms with E-state index in [0.717, 1.165) is 49.9 Å². The molecular weight excluding hydrogens is 444 g/mol. The van der Waals surface area contributed by atoms with E-state index in [4.69, 9.17) is 9.72 Å². The van der Waals surface area contributed by atoms with E-state index in [1.54, 1.807) is 17.5 Å². The lowest BCUT2D eigenvalue weighted by Gasteiger charge is -2.12. The van der Waals surface area contributed by atoms with Crippen LogP contribution in [-0.4, -0.2) is 28.3 Å². The zero-order chi connectivity index (χ0) is 23.1. The molecule has 0 saturated heterocycles. The van der Waals surface area contributed by atoms with Gasteiger partial charge in [0, 0.05) is 32.9 Å². The van der Waals surface area contributed by atoms with E-state index in [9.17, 15) is 9.59 Å². The molecule has 1 N–H and O–H groups in total. The van der Waals surface area contributed by atoms with Gasteiger partial charge in [0.15, 0.2) is 6.61 Å². The highest BCUT2D eigenvalue weighted by atomic mass is 32.1. The van der Waals surface area contributed by atoms with E-state index in [1.165, 1.54) is 0 Å². The van der Waals surface area contributed by atoms with Crippen LogP contribution in [-0.2, 0) is 11.2 Å². The highest BCUT2D eigenvalue weighted by Crippen LogP contribution is 2.38. The van der Waals surface area contributed by atoms with Gasteiger partial charge in [-0.25, -0.2) is 9.78 Å². The van der Waals surface area contributed by atoms with E-state index in [2.05, 4.69) is 17.1 Å². The van der Waals surface area contributed by atoms with Gasteiger partial charge >= 0.3 is 5.97 Å². The fraction of sp³-hybridized carbons (Fsp3) is 0.107. The lowest BCUT2D eigenvalue weighted by Crippen LogP contribution is -2.16. The molecule has 6 rings (SSSR count). The number of para-hydroxylation sites is 2. The van der Waals surface area contributed by atoms with E-state index in [-0.39, 0.29) is 12.4 Å². The molecule has 0 amide bonds. The number of hydrogen-bond donors (Lipinski definition) is 1. The minimum Gasteiger partial charge on any atom is -0.454 e. The zero-order valence-corrected chi connectivity index (χ0v) is 19.0. The summed E-state index contributed by atoms with van der Waals surface area (Å²) in [7, 11) is 0. The lowest BCUT2D eigenvalue weighted by atomic mass is 10.0. The second-order valence-corrected chi connectivity index (χ2v) is 9.24. The molecule has 0 fully saturated rings. The molecule has 0 atom stereocenters. The maximum Gasteiger partial charge on any atom is 0.339 e. The van der Waals surface area contributed by atoms with Crippen LogP contribution in [0.4, 0.5) is 0 Å². The summed E-state index contributed by atoms with van der Waals surface area (Å²) in [5.41, 5.74) is 5.52. The van der Waals surface area contributed by atoms with Crippen molar-refractivity contribution in [2.24, 2.45) is 0 Å². The van der Waals surface area contributed by atoms with Crippen LogP contribution in [0.2, 0.25) is 0 Å². The van der Waals surface area contributed by atoms with E-state index in [1.807, 2.05) is 60.0 Å². The molecule has 0 spiro atoms. The Kier molecular flexibility index (Phi) is 5.08. The molecule has 1 aliphatic carbocycles. The van der Waals surface area contributed by atoms with Gasteiger partial charge in [0.2, 0.25) is 5.78 Å². The van der Waals surface area contributed by atoms with Crippen molar-refractivity contribution in [3.8, 4) is 0 Å². The summed E-state index contributed by atoms with van der Waals surface area (Å²) in [6.45, 7) is -0.315. The Morgan fingerprint density at radius 3 is 2.68 bits per heavy atom. The smallest absolute Gasteiger partial charge is 0.339 e. The summed E-state index contributed by atoms with van der Waals surface area (Å²) in [5.74, 6) is -0.723. The number of benzene rings is 2. The molecule has 166 valence electrons. The number of aromatic amines is 1. The average Bonchev–Trinajstić information content (AvgIpc) is 3.62. The second kappa shape index (κ2) is 8.39. The van der Waals surface area contributed by atoms with Gasteiger partial charge < -0.3 is 9.72 Å². The molecule has 3 heterocycles. The van der Waals surface area contributed by atoms with Gasteiger partial charge in [0.25, 0.3) is 0 Å². The summed E-state index contributed by atoms with van der Waals surface area (Å²) in [6, 6.07) is 19.3. The number of hydrogen-bond acceptors (Lipinski definition) is 5. The van der Waals surface area contributed by atoms with Gasteiger partial charge in [-0.2, -0.15) is 0 Å². The van der Waals surface area contributed by atoms with Crippen molar-refractivity contribution in [3.05, 3.63) is 99.5 Å². The van der Waals surface area contributed by atoms with E-state index in [0.29, 0.717) is 17.5 Å². The fourth-order valence-electron chi connectivity index (χ4n) is 4.64. The molecule has 0 unspecified atom stereocenters. The molecule has 6 heteroatoms. The predicted octanol–water partition coefficient (Wildman–Crippen LogP) is 6.30. The van der Waals surface area contributed by atoms with Crippen molar-refractivity contribution in [2.75, 3.05) is 6.61 Å². The van der Waals surface area contributed by atoms with Crippen LogP contribution in [0.25, 0.3) is 33.5 Å². The number of nitrogens with zero attached hydrogens (tertiary/aromatic N) is 1. The Morgan fingerprint density at radius 2 is 1.82 bits per heavy atom. The number of nitrogens with one attached hydrogen (secondary N) is 1. The monoisotopic (exact) mass is 464 g/mol. The largest absolute Gasteiger partial charge is 0.454 e. The van der Waals surface area contributed by atoms with E-state index < -0.39 is 5.97 Å². The standard InChI is InChI=1S/C28H20N2O3S/c31-25(22-15-29-23-9-3-1-7-19(22)23)16-33-28(32)26-20-8-2-4-10-24(20)30-27-17(11-12-21(26)27)14-18-6-5-13-34-18/h1-10,13-15,29H,11-12,16H2/b17-14+. The van der Waals surface area contributed by atoms with Crippen LogP contribution in [0, 0.1) is 0 Å². The van der Waals surface area contributed by atoms with Crippen molar-refractivity contribution >= 4 is 56.5 Å². The number of carbonyl (C=O) groups is 2. The van der Waals surface area contributed by atoms with Gasteiger partial charge in [0.1, 0.15) is 0 Å². The third-order valence-electron chi connectivity index (χ3n) is 6.23. The molecule has 0 saturated carbocycles. The Morgan fingerprint density at radius 1 is 1.00 bits per heavy atom. The van der Waals surface area contributed by atoms with Crippen LogP contribution in [0.15, 0.2) is 72.2 Å². The second-order valence-electron chi connectivity index (χ2n) is 8.26. The molecule has 0 radical (unpaired) electrons. The highest BCUT2D eigenvalue weighted by Gasteiger charge is 2.28. The third-order valence-corrected chi connectivity index (χ3v) is 7.05. The minimum absolute atomic E-state index is 0.237. The van der Waals surface area contributed by atoms with Crippen LogP contribution < -0.4 is 0 Å². The number of ether oxygens (including phenoxy) is 1. The maximum absolute atomic E-state index is 13.4. The quantitative estimate of drug-likeness (QED) is 0.245. The van der Waals surface area contributed by atoms with E-state index >= 15 is 0 Å². The fourth-order valence-corrected chi connectivity index (χ4v) is 5.32. The van der Waals surface area contributed by atoms with Gasteiger partial charge in [0.05, 0.1) is 16.8 Å². The number of rotatable bonds is 5. The Hall–Kier alpha value is -4.03. The summed E-state index contributed by atoms with van der Waals surface area (Å²) in [5, 5.41) is 3.62. The first-order chi connectivity index (χ1) is 16.7. The number of allylic oxidation sites excluding steroid dienone is 1. The number of aromatic nitrogens is 2. The molecule has 2 aromatic carbocycles. The van der Waals surface area contributed by atoms with Gasteiger partial charge in [-0.15, -0.1) is 11.3 Å². The van der Waals surface area contributed by atoms with Crippen LogP contribution in [0.5, 0.6) is 0 Å². The van der Waals surface area contributed by atoms with Gasteiger partial charge in [-0.3, -0.25) is 4.79 Å². The van der Waals surface area contributed by atoms with Gasteiger partial charge in [-0.1, -0.05) is 42.5 Å². The van der Waals surface area contributed by atoms with Crippen molar-refractivity contribution in [1.29, 1.82) is 0 Å². The van der Waals surface area contributed by atoms with Crippen LogP contribution in [0.3, 0.4) is 0 Å². The first-order valence-corrected chi connectivity index (χ1v) is 12.0. The number of Topliss-reactive ketones (excluding diaryl/α,β-unsaturated/α-hetero) is 1. The van der Waals surface area contributed by atoms with Crippen molar-refractivity contribution in [2.45, 2.75) is 12.8 Å². The number of H-pyrrole nitrogens is 1. The summed E-state index contributed by atoms with van der Waals surface area (Å²) in [4.78, 5) is 35.4. The molecule has 5 aromatic rings. The first-order valence-electron chi connectivity index (χ1n) is 11.1. The molecule has 1 aliphatic rings. The Labute approximate surface area is 199 Å². The number of thiophene rings is 1. The van der Waals surface area contributed by atoms with Crippen LogP contribution >= 0.6 is 11.3 Å². The minimum atomic E-state index is -0.486. The van der Waals surface area contributed by atoms with Crippen molar-refractivity contribution in [3.63, 3.8) is 0 Å². The van der Waals surface area contributed by atoms with Crippen molar-refractivity contribution in [1.82, 2.24) is 9.97 Å². The average molecular weight is 465 g/mol. The first kappa shape index (κ1) is 20.6. The lowest BCUT2D eigenvalue weighted by molar-refractivity contribution is 0.0476. The summed E-state index contributed by atoms with van der Waals surface area (Å²) in [6.07, 6.45) is 5.34. The molecular formula is C28H20N2O3S. The molecule has 0 bridgehead atoms. The number of pyridine rings is 1. The number of esters is 1. The zero-order valence-electron chi connectivity index (χ0n) is 18.2. The molecule has 34 heavy (non-hydrogen) atoms. The highest BCUT2D eigenvalue weighted by molar-refractivity contribution is 7.10. The number of ketones is 1. The summed E-state index contributed by atoms with van der Waals surface area (Å²) >= 11 is 1.67. The SMILES string of the molecule is O=C(OCC(=O)c1c[nH]c2ccccc12)c1c2c(nc3ccccc13)/C(=C/c1cccs1)CC2. The third kappa shape index (κ3) is 3.53. The summed E-state index contributed by atoms with van der Waals surface area (Å²) < 4.78 is 5.59. The Balaban J connectivity index is 1.34. The van der Waals surface area contributed by atoms with Crippen LogP contribution in [0.1, 0.15) is 43.3 Å². The molecule has 0 aliphatic heterocycles. The number of carbonyl (C=O) groups excluding carboxylic acids is 2. The normalized spacial score (nSPS) is 14.1. The molecule has 3 aromatic heterocycles. The maximum atomic E-state index is 13.4. The topological polar surface area (TPSA) is 72.1 Å². The predicted molar refractivity (Wildman–Crippen MR) is 135 cm³/mol. The van der Waals surface area contributed by atoms with Crippen molar-refractivity contribution < 1.29 is 14.3 Å². The Bertz CT molecular complexity index is 1600. The molecule has 5 nitrogen and oxygen atoms in total.